The molecule has 1 aliphatic heterocycles. The van der Waals surface area contributed by atoms with Crippen molar-refractivity contribution in [1.29, 1.82) is 0 Å². The zero-order valence-corrected chi connectivity index (χ0v) is 16.2. The number of aromatic nitrogens is 6. The molecule has 1 aliphatic rings. The van der Waals surface area contributed by atoms with Gasteiger partial charge < -0.3 is 9.32 Å². The predicted molar refractivity (Wildman–Crippen MR) is 105 cm³/mol. The van der Waals surface area contributed by atoms with E-state index in [-0.39, 0.29) is 11.8 Å². The number of rotatable bonds is 4. The maximum Gasteiger partial charge on any atom is 0.253 e. The number of tetrazole rings is 1. The topological polar surface area (TPSA) is 103 Å². The highest BCUT2D eigenvalue weighted by Gasteiger charge is 2.29. The van der Waals surface area contributed by atoms with Gasteiger partial charge in [-0.3, -0.25) is 4.79 Å². The van der Waals surface area contributed by atoms with Gasteiger partial charge in [-0.2, -0.15) is 11.3 Å². The van der Waals surface area contributed by atoms with Gasteiger partial charge in [-0.1, -0.05) is 6.07 Å². The van der Waals surface area contributed by atoms with Crippen molar-refractivity contribution in [1.82, 2.24) is 35.3 Å². The van der Waals surface area contributed by atoms with Crippen LogP contribution in [-0.4, -0.2) is 54.3 Å². The molecule has 1 amide bonds. The molecular formula is C19H17N7O2S. The van der Waals surface area contributed by atoms with E-state index < -0.39 is 0 Å². The highest BCUT2D eigenvalue weighted by Crippen LogP contribution is 2.29. The summed E-state index contributed by atoms with van der Waals surface area (Å²) in [4.78, 5) is 14.9. The molecule has 1 saturated heterocycles. The van der Waals surface area contributed by atoms with Crippen LogP contribution in [0.15, 0.2) is 51.8 Å². The Morgan fingerprint density at radius 1 is 1.24 bits per heavy atom. The molecule has 0 N–H and O–H groups in total. The summed E-state index contributed by atoms with van der Waals surface area (Å²) in [5, 5.41) is 23.5. The summed E-state index contributed by atoms with van der Waals surface area (Å²) in [6.45, 7) is 1.26. The molecule has 1 atom stereocenters. The molecule has 1 unspecified atom stereocenters. The van der Waals surface area contributed by atoms with E-state index in [2.05, 4.69) is 25.7 Å². The summed E-state index contributed by atoms with van der Waals surface area (Å²) in [6.07, 6.45) is 3.31. The maximum absolute atomic E-state index is 13.1. The van der Waals surface area contributed by atoms with E-state index in [0.717, 1.165) is 24.1 Å². The summed E-state index contributed by atoms with van der Waals surface area (Å²) in [5.41, 5.74) is 2.27. The van der Waals surface area contributed by atoms with Crippen LogP contribution in [0.5, 0.6) is 0 Å². The fourth-order valence-corrected chi connectivity index (χ4v) is 4.14. The Balaban J connectivity index is 1.33. The molecule has 3 aromatic heterocycles. The summed E-state index contributed by atoms with van der Waals surface area (Å²) in [7, 11) is 0. The fourth-order valence-electron chi connectivity index (χ4n) is 3.51. The Hall–Kier alpha value is -3.40. The van der Waals surface area contributed by atoms with Gasteiger partial charge in [0.2, 0.25) is 11.8 Å². The van der Waals surface area contributed by atoms with E-state index in [0.29, 0.717) is 30.4 Å². The third kappa shape index (κ3) is 3.54. The molecule has 0 bridgehead atoms. The van der Waals surface area contributed by atoms with Gasteiger partial charge in [0.25, 0.3) is 5.91 Å². The zero-order valence-electron chi connectivity index (χ0n) is 15.4. The lowest BCUT2D eigenvalue weighted by Gasteiger charge is -2.31. The molecule has 4 aromatic rings. The van der Waals surface area contributed by atoms with Crippen molar-refractivity contribution in [2.24, 2.45) is 0 Å². The first-order valence-corrected chi connectivity index (χ1v) is 10.2. The Kier molecular flexibility index (Phi) is 4.60. The first kappa shape index (κ1) is 17.7. The standard InChI is InChI=1S/C19H17N7O2S/c27-19(13-3-1-5-16(9-13)26-12-20-23-24-26)25-7-2-4-14(10-25)17-21-22-18(28-17)15-6-8-29-11-15/h1,3,5-6,8-9,11-12,14H,2,4,7,10H2. The molecule has 0 radical (unpaired) electrons. The fraction of sp³-hybridized carbons (Fsp3) is 0.263. The number of piperidine rings is 1. The second kappa shape index (κ2) is 7.55. The number of nitrogens with zero attached hydrogens (tertiary/aromatic N) is 7. The highest BCUT2D eigenvalue weighted by molar-refractivity contribution is 7.08. The van der Waals surface area contributed by atoms with Gasteiger partial charge >= 0.3 is 0 Å². The molecule has 0 aliphatic carbocycles. The number of amides is 1. The minimum atomic E-state index is -0.0257. The number of likely N-dealkylation sites (tertiary alicyclic amines) is 1. The van der Waals surface area contributed by atoms with Crippen molar-refractivity contribution >= 4 is 17.2 Å². The van der Waals surface area contributed by atoms with Crippen LogP contribution < -0.4 is 0 Å². The third-order valence-corrected chi connectivity index (χ3v) is 5.66. The maximum atomic E-state index is 13.1. The van der Waals surface area contributed by atoms with E-state index in [1.807, 2.05) is 33.9 Å². The van der Waals surface area contributed by atoms with Crippen molar-refractivity contribution in [3.63, 3.8) is 0 Å². The first-order valence-electron chi connectivity index (χ1n) is 9.26. The monoisotopic (exact) mass is 407 g/mol. The Morgan fingerprint density at radius 2 is 2.21 bits per heavy atom. The number of benzene rings is 1. The lowest BCUT2D eigenvalue weighted by molar-refractivity contribution is 0.0698. The van der Waals surface area contributed by atoms with Gasteiger partial charge in [-0.05, 0) is 52.9 Å². The van der Waals surface area contributed by atoms with Crippen molar-refractivity contribution in [2.75, 3.05) is 13.1 Å². The van der Waals surface area contributed by atoms with Crippen LogP contribution in [-0.2, 0) is 0 Å². The van der Waals surface area contributed by atoms with Crippen LogP contribution in [0.2, 0.25) is 0 Å². The molecule has 29 heavy (non-hydrogen) atoms. The van der Waals surface area contributed by atoms with Gasteiger partial charge in [-0.25, -0.2) is 4.68 Å². The number of carbonyl (C=O) groups excluding carboxylic acids is 1. The van der Waals surface area contributed by atoms with Crippen LogP contribution in [0.4, 0.5) is 0 Å². The van der Waals surface area contributed by atoms with Gasteiger partial charge in [0.15, 0.2) is 0 Å². The Bertz CT molecular complexity index is 1110. The lowest BCUT2D eigenvalue weighted by atomic mass is 9.97. The van der Waals surface area contributed by atoms with E-state index in [9.17, 15) is 4.79 Å². The van der Waals surface area contributed by atoms with E-state index >= 15 is 0 Å². The van der Waals surface area contributed by atoms with Gasteiger partial charge in [0.1, 0.15) is 6.33 Å². The molecule has 1 aromatic carbocycles. The average molecular weight is 407 g/mol. The van der Waals surface area contributed by atoms with Gasteiger partial charge in [0, 0.05) is 29.6 Å². The smallest absolute Gasteiger partial charge is 0.253 e. The van der Waals surface area contributed by atoms with E-state index in [1.165, 1.54) is 11.0 Å². The molecule has 5 rings (SSSR count). The van der Waals surface area contributed by atoms with Crippen LogP contribution in [0, 0.1) is 0 Å². The van der Waals surface area contributed by atoms with Crippen LogP contribution in [0.25, 0.3) is 17.1 Å². The normalized spacial score (nSPS) is 16.8. The summed E-state index contributed by atoms with van der Waals surface area (Å²) >= 11 is 1.59. The minimum Gasteiger partial charge on any atom is -0.420 e. The second-order valence-corrected chi connectivity index (χ2v) is 7.63. The second-order valence-electron chi connectivity index (χ2n) is 6.85. The third-order valence-electron chi connectivity index (χ3n) is 4.97. The van der Waals surface area contributed by atoms with Crippen LogP contribution in [0.3, 0.4) is 0 Å². The Morgan fingerprint density at radius 3 is 3.03 bits per heavy atom. The first-order chi connectivity index (χ1) is 14.3. The number of thiophene rings is 1. The zero-order chi connectivity index (χ0) is 19.6. The molecule has 1 fully saturated rings. The van der Waals surface area contributed by atoms with Crippen LogP contribution >= 0.6 is 11.3 Å². The highest BCUT2D eigenvalue weighted by atomic mass is 32.1. The molecule has 10 heteroatoms. The van der Waals surface area contributed by atoms with E-state index in [4.69, 9.17) is 4.42 Å². The van der Waals surface area contributed by atoms with Crippen molar-refractivity contribution in [2.45, 2.75) is 18.8 Å². The largest absolute Gasteiger partial charge is 0.420 e. The van der Waals surface area contributed by atoms with Gasteiger partial charge in [0.05, 0.1) is 11.6 Å². The lowest BCUT2D eigenvalue weighted by Crippen LogP contribution is -2.39. The summed E-state index contributed by atoms with van der Waals surface area (Å²) in [6, 6.07) is 9.24. The summed E-state index contributed by atoms with van der Waals surface area (Å²) < 4.78 is 7.42. The molecule has 9 nitrogen and oxygen atoms in total. The molecule has 0 spiro atoms. The van der Waals surface area contributed by atoms with Crippen molar-refractivity contribution in [3.8, 4) is 17.1 Å². The van der Waals surface area contributed by atoms with Crippen LogP contribution in [0.1, 0.15) is 35.0 Å². The molecular weight excluding hydrogens is 390 g/mol. The number of carbonyl (C=O) groups is 1. The van der Waals surface area contributed by atoms with Crippen molar-refractivity contribution < 1.29 is 9.21 Å². The molecule has 146 valence electrons. The number of hydrogen-bond donors (Lipinski definition) is 0. The van der Waals surface area contributed by atoms with E-state index in [1.54, 1.807) is 23.5 Å². The molecule has 0 saturated carbocycles. The Labute approximate surface area is 170 Å². The van der Waals surface area contributed by atoms with Crippen molar-refractivity contribution in [3.05, 3.63) is 58.9 Å². The number of hydrogen-bond acceptors (Lipinski definition) is 8. The predicted octanol–water partition coefficient (Wildman–Crippen LogP) is 2.79. The quantitative estimate of drug-likeness (QED) is 0.512. The summed E-state index contributed by atoms with van der Waals surface area (Å²) in [5.74, 6) is 1.13. The minimum absolute atomic E-state index is 0.0257. The average Bonchev–Trinajstić information content (AvgIpc) is 3.55. The SMILES string of the molecule is O=C(c1cccc(-n2cnnn2)c1)N1CCCC(c2nnc(-c3ccsc3)o2)C1. The van der Waals surface area contributed by atoms with Gasteiger partial charge in [-0.15, -0.1) is 15.3 Å². The molecule has 4 heterocycles.